The highest BCUT2D eigenvalue weighted by Gasteiger charge is 2.16. The van der Waals surface area contributed by atoms with Gasteiger partial charge in [-0.2, -0.15) is 10.2 Å². The Bertz CT molecular complexity index is 1690. The van der Waals surface area contributed by atoms with Gasteiger partial charge in [-0.25, -0.2) is 4.98 Å². The molecule has 41 heavy (non-hydrogen) atoms. The first-order chi connectivity index (χ1) is 19.9. The Hall–Kier alpha value is -5.19. The van der Waals surface area contributed by atoms with Gasteiger partial charge in [-0.15, -0.1) is 0 Å². The summed E-state index contributed by atoms with van der Waals surface area (Å²) in [5.74, 6) is 6.55. The first kappa shape index (κ1) is 28.8. The largest absolute Gasteiger partial charge is 0.382 e. The molecule has 4 aromatic rings. The fourth-order valence-electron chi connectivity index (χ4n) is 4.43. The maximum Gasteiger partial charge on any atom is 0.264 e. The van der Waals surface area contributed by atoms with Crippen LogP contribution in [0.15, 0.2) is 65.6 Å². The van der Waals surface area contributed by atoms with Crippen LogP contribution in [0.25, 0.3) is 16.5 Å². The van der Waals surface area contributed by atoms with Gasteiger partial charge in [0.05, 0.1) is 24.8 Å². The molecule has 0 unspecified atom stereocenters. The third-order valence-electron chi connectivity index (χ3n) is 6.51. The fraction of sp³-hybridized carbons (Fsp3) is 0.258. The van der Waals surface area contributed by atoms with Crippen molar-refractivity contribution in [2.24, 2.45) is 0 Å². The van der Waals surface area contributed by atoms with Gasteiger partial charge in [-0.1, -0.05) is 49.1 Å². The molecule has 208 valence electrons. The van der Waals surface area contributed by atoms with Gasteiger partial charge in [0.25, 0.3) is 5.56 Å². The van der Waals surface area contributed by atoms with Crippen LogP contribution in [-0.4, -0.2) is 51.6 Å². The Morgan fingerprint density at radius 1 is 1.07 bits per heavy atom. The lowest BCUT2D eigenvalue weighted by molar-refractivity contribution is -0.135. The third kappa shape index (κ3) is 7.07. The normalized spacial score (nSPS) is 12.4. The topological polar surface area (TPSA) is 153 Å². The van der Waals surface area contributed by atoms with Crippen LogP contribution in [0.1, 0.15) is 36.6 Å². The Labute approximate surface area is 238 Å². The lowest BCUT2D eigenvalue weighted by Gasteiger charge is -2.26. The molecule has 1 saturated heterocycles. The number of aromatic nitrogens is 3. The molecule has 0 radical (unpaired) electrons. The molecule has 4 N–H and O–H groups in total. The van der Waals surface area contributed by atoms with Gasteiger partial charge in [0, 0.05) is 42.9 Å². The van der Waals surface area contributed by atoms with E-state index in [-0.39, 0.29) is 28.8 Å². The molecule has 1 aliphatic rings. The SMILES string of the molecule is CCc1cc2cccc(C#CCCC(=O)N3CCOCC3)c2c(=O)n1-c1ccccc1.N#Cc1cnc(N)nc1N. The Balaban J connectivity index is 0.000000328. The lowest BCUT2D eigenvalue weighted by Crippen LogP contribution is -2.40. The number of hydrogen-bond donors (Lipinski definition) is 2. The minimum absolute atomic E-state index is 0.0603. The Kier molecular flexibility index (Phi) is 9.66. The summed E-state index contributed by atoms with van der Waals surface area (Å²) in [5, 5.41) is 9.87. The van der Waals surface area contributed by atoms with E-state index in [4.69, 9.17) is 21.5 Å². The van der Waals surface area contributed by atoms with Crippen LogP contribution in [0.4, 0.5) is 11.8 Å². The smallest absolute Gasteiger partial charge is 0.264 e. The van der Waals surface area contributed by atoms with Gasteiger partial charge >= 0.3 is 0 Å². The number of benzene rings is 2. The number of ether oxygens (including phenoxy) is 1. The summed E-state index contributed by atoms with van der Waals surface area (Å²) in [6.07, 6.45) is 2.88. The predicted octanol–water partition coefficient (Wildman–Crippen LogP) is 3.06. The summed E-state index contributed by atoms with van der Waals surface area (Å²) in [4.78, 5) is 34.8. The number of para-hydroxylation sites is 1. The van der Waals surface area contributed by atoms with Crippen molar-refractivity contribution in [3.8, 4) is 23.6 Å². The van der Waals surface area contributed by atoms with Gasteiger partial charge in [0.15, 0.2) is 0 Å². The molecule has 1 fully saturated rings. The summed E-state index contributed by atoms with van der Waals surface area (Å²) >= 11 is 0. The zero-order chi connectivity index (χ0) is 29.2. The molecule has 3 heterocycles. The molecule has 1 aliphatic heterocycles. The number of morpholine rings is 1. The quantitative estimate of drug-likeness (QED) is 0.368. The summed E-state index contributed by atoms with van der Waals surface area (Å²) in [6.45, 7) is 4.54. The second kappa shape index (κ2) is 13.7. The minimum atomic E-state index is -0.0603. The number of carbonyl (C=O) groups excluding carboxylic acids is 1. The average Bonchev–Trinajstić information content (AvgIpc) is 3.00. The van der Waals surface area contributed by atoms with Gasteiger partial charge < -0.3 is 21.1 Å². The van der Waals surface area contributed by atoms with E-state index < -0.39 is 0 Å². The lowest BCUT2D eigenvalue weighted by atomic mass is 10.0. The van der Waals surface area contributed by atoms with Gasteiger partial charge in [0.2, 0.25) is 11.9 Å². The van der Waals surface area contributed by atoms with E-state index in [1.165, 1.54) is 6.20 Å². The third-order valence-corrected chi connectivity index (χ3v) is 6.51. The molecule has 0 aliphatic carbocycles. The Morgan fingerprint density at radius 3 is 2.51 bits per heavy atom. The zero-order valence-electron chi connectivity index (χ0n) is 22.8. The van der Waals surface area contributed by atoms with Crippen molar-refractivity contribution in [2.75, 3.05) is 37.8 Å². The highest BCUT2D eigenvalue weighted by atomic mass is 16.5. The van der Waals surface area contributed by atoms with E-state index in [0.717, 1.165) is 23.2 Å². The van der Waals surface area contributed by atoms with Crippen LogP contribution in [-0.2, 0) is 16.0 Å². The molecule has 0 atom stereocenters. The van der Waals surface area contributed by atoms with Crippen LogP contribution < -0.4 is 17.0 Å². The van der Waals surface area contributed by atoms with E-state index in [0.29, 0.717) is 50.1 Å². The predicted molar refractivity (Wildman–Crippen MR) is 158 cm³/mol. The molecule has 1 amide bonds. The number of fused-ring (bicyclic) bond motifs is 1. The molecular formula is C31H31N7O3. The molecule has 2 aromatic carbocycles. The number of aryl methyl sites for hydroxylation is 1. The first-order valence-electron chi connectivity index (χ1n) is 13.3. The highest BCUT2D eigenvalue weighted by molar-refractivity contribution is 5.88. The van der Waals surface area contributed by atoms with Crippen LogP contribution in [0, 0.1) is 23.2 Å². The molecule has 0 spiro atoms. The number of nitriles is 1. The molecule has 2 aromatic heterocycles. The van der Waals surface area contributed by atoms with Crippen molar-refractivity contribution in [1.29, 1.82) is 5.26 Å². The van der Waals surface area contributed by atoms with Crippen molar-refractivity contribution in [2.45, 2.75) is 26.2 Å². The van der Waals surface area contributed by atoms with Crippen molar-refractivity contribution in [3.05, 3.63) is 88.0 Å². The van der Waals surface area contributed by atoms with Crippen LogP contribution in [0.3, 0.4) is 0 Å². The molecule has 10 nitrogen and oxygen atoms in total. The fourth-order valence-corrected chi connectivity index (χ4v) is 4.43. The van der Waals surface area contributed by atoms with Gasteiger partial charge in [0.1, 0.15) is 17.5 Å². The molecule has 0 bridgehead atoms. The van der Waals surface area contributed by atoms with Crippen molar-refractivity contribution >= 4 is 28.4 Å². The maximum absolute atomic E-state index is 13.5. The van der Waals surface area contributed by atoms with Gasteiger partial charge in [-0.3, -0.25) is 14.2 Å². The van der Waals surface area contributed by atoms with Crippen molar-refractivity contribution in [3.63, 3.8) is 0 Å². The van der Waals surface area contributed by atoms with Crippen molar-refractivity contribution in [1.82, 2.24) is 19.4 Å². The van der Waals surface area contributed by atoms with Crippen LogP contribution in [0.5, 0.6) is 0 Å². The average molecular weight is 550 g/mol. The van der Waals surface area contributed by atoms with E-state index >= 15 is 0 Å². The molecular weight excluding hydrogens is 518 g/mol. The number of nitrogen functional groups attached to an aromatic ring is 2. The molecule has 5 rings (SSSR count). The Morgan fingerprint density at radius 2 is 1.83 bits per heavy atom. The molecule has 10 heteroatoms. The number of hydrogen-bond acceptors (Lipinski definition) is 8. The second-order valence-electron chi connectivity index (χ2n) is 9.17. The number of carbonyl (C=O) groups is 1. The van der Waals surface area contributed by atoms with Crippen molar-refractivity contribution < 1.29 is 9.53 Å². The number of pyridine rings is 1. The highest BCUT2D eigenvalue weighted by Crippen LogP contribution is 2.19. The monoisotopic (exact) mass is 549 g/mol. The van der Waals surface area contributed by atoms with Crippen LogP contribution in [0.2, 0.25) is 0 Å². The number of nitrogens with two attached hydrogens (primary N) is 2. The van der Waals surface area contributed by atoms with E-state index in [9.17, 15) is 9.59 Å². The first-order valence-corrected chi connectivity index (χ1v) is 13.3. The summed E-state index contributed by atoms with van der Waals surface area (Å²) < 4.78 is 7.06. The molecule has 0 saturated carbocycles. The standard InChI is InChI=1S/C26H26N2O3.C5H5N5/c1-2-22-19-21-11-8-10-20(9-6-7-14-24(29)27-15-17-31-18-16-27)25(21)26(30)28(22)23-12-4-3-5-13-23;6-1-3-2-9-5(8)10-4(3)7/h3-5,8,10-13,19H,2,7,14-18H2,1H3;2H,(H4,7,8,9,10). The summed E-state index contributed by atoms with van der Waals surface area (Å²) in [5.41, 5.74) is 13.2. The second-order valence-corrected chi connectivity index (χ2v) is 9.17. The number of rotatable bonds is 4. The minimum Gasteiger partial charge on any atom is -0.382 e. The van der Waals surface area contributed by atoms with E-state index in [2.05, 4.69) is 34.8 Å². The van der Waals surface area contributed by atoms with Gasteiger partial charge in [-0.05, 0) is 36.1 Å². The summed E-state index contributed by atoms with van der Waals surface area (Å²) in [7, 11) is 0. The van der Waals surface area contributed by atoms with Crippen LogP contribution >= 0.6 is 0 Å². The number of nitrogens with zero attached hydrogens (tertiary/aromatic N) is 5. The maximum atomic E-state index is 13.5. The number of anilines is 2. The zero-order valence-corrected chi connectivity index (χ0v) is 22.8. The number of amides is 1. The van der Waals surface area contributed by atoms with E-state index in [1.807, 2.05) is 59.5 Å². The summed E-state index contributed by atoms with van der Waals surface area (Å²) in [6, 6.07) is 19.3. The van der Waals surface area contributed by atoms with E-state index in [1.54, 1.807) is 4.57 Å².